The lowest BCUT2D eigenvalue weighted by atomic mass is 10.0. The van der Waals surface area contributed by atoms with Gasteiger partial charge in [-0.15, -0.1) is 22.7 Å². The maximum atomic E-state index is 13.7. The van der Waals surface area contributed by atoms with Gasteiger partial charge in [-0.3, -0.25) is 24.2 Å². The van der Waals surface area contributed by atoms with Gasteiger partial charge in [-0.2, -0.15) is 0 Å². The number of thiocarbonyl (C=S) groups is 1. The summed E-state index contributed by atoms with van der Waals surface area (Å²) in [5, 5.41) is 9.51. The van der Waals surface area contributed by atoms with E-state index >= 15 is 0 Å². The number of likely N-dealkylation sites (N-methyl/N-ethyl adjacent to an activating group) is 1. The van der Waals surface area contributed by atoms with Crippen LogP contribution in [0, 0.1) is 20.8 Å². The smallest absolute Gasteiger partial charge is 0.323 e. The summed E-state index contributed by atoms with van der Waals surface area (Å²) in [4.78, 5) is 50.9. The second kappa shape index (κ2) is 21.6. The van der Waals surface area contributed by atoms with Crippen molar-refractivity contribution in [2.45, 2.75) is 39.4 Å². The van der Waals surface area contributed by atoms with E-state index in [4.69, 9.17) is 12.2 Å². The van der Waals surface area contributed by atoms with Crippen LogP contribution in [-0.2, 0) is 20.8 Å². The zero-order chi connectivity index (χ0) is 50.8. The van der Waals surface area contributed by atoms with Gasteiger partial charge in [-0.1, -0.05) is 132 Å². The lowest BCUT2D eigenvalue weighted by Crippen LogP contribution is -2.34. The number of thioether (sulfide) groups is 2. The number of amides is 2. The van der Waals surface area contributed by atoms with Crippen LogP contribution < -0.4 is 9.80 Å². The average Bonchev–Trinajstić information content (AvgIpc) is 4.13. The number of aryl methyl sites for hydroxylation is 3. The summed E-state index contributed by atoms with van der Waals surface area (Å²) in [6.45, 7) is 8.05. The van der Waals surface area contributed by atoms with Gasteiger partial charge < -0.3 is 14.9 Å². The first-order valence-electron chi connectivity index (χ1n) is 23.9. The number of aliphatic carboxylic acids is 1. The lowest BCUT2D eigenvalue weighted by Gasteiger charge is -2.26. The highest BCUT2D eigenvalue weighted by molar-refractivity contribution is 8.27. The largest absolute Gasteiger partial charge is 0.480 e. The van der Waals surface area contributed by atoms with Gasteiger partial charge in [-0.25, -0.2) is 0 Å². The predicted octanol–water partition coefficient (Wildman–Crippen LogP) is 15.8. The topological polar surface area (TPSA) is 84.4 Å². The van der Waals surface area contributed by atoms with Crippen molar-refractivity contribution in [2.24, 2.45) is 0 Å². The van der Waals surface area contributed by atoms with Crippen LogP contribution in [0.4, 0.5) is 34.1 Å². The number of anilines is 6. The molecule has 4 heterocycles. The Hall–Kier alpha value is -7.00. The molecule has 1 atom stereocenters. The Bertz CT molecular complexity index is 3370. The SMILES string of the molecule is CCN1C(=O)/C(=C2/SC(Cc3cc(C)c(-c4cc(C)c(/C=C/c5ccc(N(c6ccc(C)cc6)c6ccc(-c7ccc(N(c8ccccc8)c8ccccc8)cc7)cc6)cc5)s4)s3)C(=O)N2CC(=O)O)SC1=S. The Morgan fingerprint density at radius 3 is 1.68 bits per heavy atom. The van der Waals surface area contributed by atoms with Gasteiger partial charge >= 0.3 is 5.97 Å². The maximum Gasteiger partial charge on any atom is 0.323 e. The summed E-state index contributed by atoms with van der Waals surface area (Å²) in [7, 11) is 0. The molecule has 2 saturated heterocycles. The summed E-state index contributed by atoms with van der Waals surface area (Å²) in [5.74, 6) is -1.74. The quantitative estimate of drug-likeness (QED) is 0.0797. The zero-order valence-corrected chi connectivity index (χ0v) is 44.6. The number of nitrogens with zero attached hydrogens (tertiary/aromatic N) is 4. The van der Waals surface area contributed by atoms with Crippen molar-refractivity contribution in [3.63, 3.8) is 0 Å². The van der Waals surface area contributed by atoms with E-state index in [1.807, 2.05) is 19.1 Å². The molecule has 0 aliphatic carbocycles. The molecule has 0 bridgehead atoms. The van der Waals surface area contributed by atoms with Gasteiger partial charge in [0.25, 0.3) is 5.91 Å². The summed E-state index contributed by atoms with van der Waals surface area (Å²) < 4.78 is 0.410. The highest BCUT2D eigenvalue weighted by Gasteiger charge is 2.44. The Labute approximate surface area is 447 Å². The molecule has 73 heavy (non-hydrogen) atoms. The van der Waals surface area contributed by atoms with Gasteiger partial charge in [-0.05, 0) is 147 Å². The highest BCUT2D eigenvalue weighted by Crippen LogP contribution is 2.47. The molecule has 0 radical (unpaired) electrons. The lowest BCUT2D eigenvalue weighted by molar-refractivity contribution is -0.142. The first kappa shape index (κ1) is 49.6. The van der Waals surface area contributed by atoms with E-state index in [-0.39, 0.29) is 11.8 Å². The van der Waals surface area contributed by atoms with E-state index in [1.54, 1.807) is 22.7 Å². The Morgan fingerprint density at radius 1 is 0.644 bits per heavy atom. The minimum Gasteiger partial charge on any atom is -0.480 e. The summed E-state index contributed by atoms with van der Waals surface area (Å²) in [6.07, 6.45) is 4.76. The van der Waals surface area contributed by atoms with E-state index < -0.39 is 17.8 Å². The molecule has 0 saturated carbocycles. The average molecular weight is 1050 g/mol. The molecule has 1 N–H and O–H groups in total. The fourth-order valence-corrected chi connectivity index (χ4v) is 14.4. The second-order valence-electron chi connectivity index (χ2n) is 17.8. The molecule has 1 unspecified atom stereocenters. The molecule has 8 aromatic rings. The van der Waals surface area contributed by atoms with Gasteiger partial charge in [0.05, 0.1) is 10.3 Å². The van der Waals surface area contributed by atoms with Crippen LogP contribution >= 0.6 is 58.4 Å². The minimum absolute atomic E-state index is 0.287. The number of hydrogen-bond acceptors (Lipinski definition) is 10. The maximum absolute atomic E-state index is 13.7. The van der Waals surface area contributed by atoms with Crippen LogP contribution in [0.2, 0.25) is 0 Å². The number of carboxylic acid groups (broad SMARTS) is 1. The molecule has 364 valence electrons. The standard InChI is InChI=1S/C60H50N4O4S5/c1-5-61-58(68)56(73-60(61)69)59-62(37-54(65)66)57(67)53(72-59)36-50-34-40(4)55(70-50)52-35-39(3)51(71-52)33-20-41-18-27-47(28-19-41)64(46-25-16-38(2)17-26-46)49-31-23-43(24-32-49)42-21-29-48(30-22-42)63(44-12-8-6-9-13-44)45-14-10-7-11-15-45/h6-35,53H,5,36-37H2,1-4H3,(H,65,66)/b33-20+,59-56-. The normalized spacial score (nSPS) is 15.8. The van der Waals surface area contributed by atoms with Crippen molar-refractivity contribution in [3.8, 4) is 20.9 Å². The number of carbonyl (C=O) groups is 3. The third-order valence-corrected chi connectivity index (χ3v) is 18.2. The zero-order valence-electron chi connectivity index (χ0n) is 40.5. The molecule has 2 aromatic heterocycles. The monoisotopic (exact) mass is 1050 g/mol. The van der Waals surface area contributed by atoms with Crippen LogP contribution in [-0.4, -0.2) is 55.3 Å². The number of carboxylic acids is 1. The molecule has 0 spiro atoms. The Kier molecular flexibility index (Phi) is 14.7. The first-order valence-corrected chi connectivity index (χ1v) is 27.6. The van der Waals surface area contributed by atoms with Gasteiger partial charge in [0.2, 0.25) is 5.91 Å². The minimum atomic E-state index is -1.14. The van der Waals surface area contributed by atoms with Crippen molar-refractivity contribution in [3.05, 3.63) is 212 Å². The fraction of sp³-hybridized carbons (Fsp3) is 0.133. The number of thiophene rings is 2. The van der Waals surface area contributed by atoms with Crippen molar-refractivity contribution in [2.75, 3.05) is 22.9 Å². The number of rotatable bonds is 15. The fourth-order valence-electron chi connectivity index (χ4n) is 9.02. The number of para-hydroxylation sites is 2. The number of carbonyl (C=O) groups excluding carboxylic acids is 2. The van der Waals surface area contributed by atoms with E-state index in [1.165, 1.54) is 32.7 Å². The molecule has 13 heteroatoms. The van der Waals surface area contributed by atoms with Crippen molar-refractivity contribution in [1.29, 1.82) is 0 Å². The summed E-state index contributed by atoms with van der Waals surface area (Å²) in [5.41, 5.74) is 13.3. The first-order chi connectivity index (χ1) is 35.4. The molecule has 2 fully saturated rings. The third-order valence-electron chi connectivity index (χ3n) is 12.7. The molecule has 10 rings (SSSR count). The molecule has 2 aliphatic heterocycles. The van der Waals surface area contributed by atoms with Crippen LogP contribution in [0.25, 0.3) is 33.0 Å². The van der Waals surface area contributed by atoms with E-state index in [0.29, 0.717) is 27.2 Å². The third kappa shape index (κ3) is 10.6. The van der Waals surface area contributed by atoms with Crippen molar-refractivity contribution >= 4 is 127 Å². The molecule has 2 amide bonds. The number of benzene rings is 6. The molecular weight excluding hydrogens is 1000 g/mol. The molecule has 2 aliphatic rings. The van der Waals surface area contributed by atoms with E-state index in [0.717, 1.165) is 87.6 Å². The molecule has 6 aromatic carbocycles. The van der Waals surface area contributed by atoms with Crippen LogP contribution in [0.15, 0.2) is 180 Å². The predicted molar refractivity (Wildman–Crippen MR) is 311 cm³/mol. The Balaban J connectivity index is 0.843. The van der Waals surface area contributed by atoms with Crippen LogP contribution in [0.5, 0.6) is 0 Å². The van der Waals surface area contributed by atoms with Crippen LogP contribution in [0.1, 0.15) is 38.9 Å². The van der Waals surface area contributed by atoms with Gasteiger partial charge in [0.1, 0.15) is 15.8 Å². The molecule has 8 nitrogen and oxygen atoms in total. The van der Waals surface area contributed by atoms with E-state index in [2.05, 4.69) is 200 Å². The van der Waals surface area contributed by atoms with Gasteiger partial charge in [0.15, 0.2) is 0 Å². The Morgan fingerprint density at radius 2 is 1.16 bits per heavy atom. The van der Waals surface area contributed by atoms with E-state index in [9.17, 15) is 19.5 Å². The highest BCUT2D eigenvalue weighted by atomic mass is 32.2. The van der Waals surface area contributed by atoms with Crippen LogP contribution in [0.3, 0.4) is 0 Å². The second-order valence-corrected chi connectivity index (χ2v) is 22.8. The van der Waals surface area contributed by atoms with Crippen molar-refractivity contribution in [1.82, 2.24) is 9.80 Å². The van der Waals surface area contributed by atoms with Crippen molar-refractivity contribution < 1.29 is 19.5 Å². The molecular formula is C60H50N4O4S5. The summed E-state index contributed by atoms with van der Waals surface area (Å²) >= 11 is 11.2. The van der Waals surface area contributed by atoms with Gasteiger partial charge in [0, 0.05) is 66.6 Å². The number of hydrogen-bond donors (Lipinski definition) is 1. The summed E-state index contributed by atoms with van der Waals surface area (Å²) in [6, 6.07) is 60.1.